The fourth-order valence-corrected chi connectivity index (χ4v) is 3.17. The second-order valence-corrected chi connectivity index (χ2v) is 6.47. The summed E-state index contributed by atoms with van der Waals surface area (Å²) < 4.78 is 47.0. The van der Waals surface area contributed by atoms with Crippen molar-refractivity contribution < 1.29 is 17.5 Å². The molecular weight excluding hydrogens is 309 g/mol. The largest absolute Gasteiger partial charge is 0.383 e. The first kappa shape index (κ1) is 16.6. The molecule has 0 spiro atoms. The van der Waals surface area contributed by atoms with Gasteiger partial charge in [0.25, 0.3) is 0 Å². The SMILES string of the molecule is CCC(COC)NS(=O)(=O)c1cnn(-c2ccccc2F)c1. The molecule has 0 bridgehead atoms. The van der Waals surface area contributed by atoms with Crippen LogP contribution in [-0.2, 0) is 14.8 Å². The summed E-state index contributed by atoms with van der Waals surface area (Å²) in [6.07, 6.45) is 3.06. The molecule has 1 atom stereocenters. The molecular formula is C14H18FN3O3S. The molecule has 1 aromatic heterocycles. The monoisotopic (exact) mass is 327 g/mol. The smallest absolute Gasteiger partial charge is 0.244 e. The molecule has 1 heterocycles. The number of ether oxygens (including phenoxy) is 1. The lowest BCUT2D eigenvalue weighted by Gasteiger charge is -2.15. The van der Waals surface area contributed by atoms with Crippen molar-refractivity contribution in [2.75, 3.05) is 13.7 Å². The van der Waals surface area contributed by atoms with Gasteiger partial charge in [0.2, 0.25) is 10.0 Å². The Kier molecular flexibility index (Phi) is 5.28. The van der Waals surface area contributed by atoms with Crippen molar-refractivity contribution in [2.24, 2.45) is 0 Å². The minimum absolute atomic E-state index is 0.0229. The summed E-state index contributed by atoms with van der Waals surface area (Å²) in [5.41, 5.74) is 0.188. The first-order valence-corrected chi connectivity index (χ1v) is 8.27. The number of aromatic nitrogens is 2. The van der Waals surface area contributed by atoms with Crippen molar-refractivity contribution in [3.05, 3.63) is 42.5 Å². The highest BCUT2D eigenvalue weighted by Crippen LogP contribution is 2.15. The van der Waals surface area contributed by atoms with Gasteiger partial charge < -0.3 is 4.74 Å². The van der Waals surface area contributed by atoms with E-state index in [0.717, 1.165) is 0 Å². The fraction of sp³-hybridized carbons (Fsp3) is 0.357. The van der Waals surface area contributed by atoms with Crippen molar-refractivity contribution in [3.8, 4) is 5.69 Å². The van der Waals surface area contributed by atoms with Gasteiger partial charge in [0.15, 0.2) is 0 Å². The predicted octanol–water partition coefficient (Wildman–Crippen LogP) is 1.71. The van der Waals surface area contributed by atoms with Gasteiger partial charge in [0.05, 0.1) is 19.0 Å². The molecule has 2 rings (SSSR count). The number of hydrogen-bond donors (Lipinski definition) is 1. The number of hydrogen-bond acceptors (Lipinski definition) is 4. The van der Waals surface area contributed by atoms with Crippen LogP contribution in [0.25, 0.3) is 5.69 Å². The van der Waals surface area contributed by atoms with E-state index in [0.29, 0.717) is 6.42 Å². The maximum absolute atomic E-state index is 13.7. The Morgan fingerprint density at radius 2 is 2.14 bits per heavy atom. The highest BCUT2D eigenvalue weighted by molar-refractivity contribution is 7.89. The van der Waals surface area contributed by atoms with E-state index in [9.17, 15) is 12.8 Å². The van der Waals surface area contributed by atoms with Gasteiger partial charge in [0.1, 0.15) is 16.4 Å². The summed E-state index contributed by atoms with van der Waals surface area (Å²) in [7, 11) is -2.22. The average Bonchev–Trinajstić information content (AvgIpc) is 2.97. The lowest BCUT2D eigenvalue weighted by atomic mass is 10.3. The van der Waals surface area contributed by atoms with Gasteiger partial charge in [-0.15, -0.1) is 0 Å². The van der Waals surface area contributed by atoms with Crippen molar-refractivity contribution in [2.45, 2.75) is 24.3 Å². The first-order valence-electron chi connectivity index (χ1n) is 6.78. The summed E-state index contributed by atoms with van der Waals surface area (Å²) in [5.74, 6) is -0.478. The van der Waals surface area contributed by atoms with Crippen molar-refractivity contribution in [3.63, 3.8) is 0 Å². The van der Waals surface area contributed by atoms with Crippen LogP contribution in [0.15, 0.2) is 41.6 Å². The van der Waals surface area contributed by atoms with Gasteiger partial charge in [-0.2, -0.15) is 5.10 Å². The topological polar surface area (TPSA) is 73.2 Å². The number of halogens is 1. The van der Waals surface area contributed by atoms with E-state index in [1.54, 1.807) is 12.1 Å². The van der Waals surface area contributed by atoms with E-state index in [4.69, 9.17) is 4.74 Å². The van der Waals surface area contributed by atoms with E-state index in [2.05, 4.69) is 9.82 Å². The quantitative estimate of drug-likeness (QED) is 0.840. The fourth-order valence-electron chi connectivity index (χ4n) is 1.94. The zero-order valence-corrected chi connectivity index (χ0v) is 13.2. The molecule has 0 radical (unpaired) electrons. The number of nitrogens with one attached hydrogen (secondary N) is 1. The lowest BCUT2D eigenvalue weighted by Crippen LogP contribution is -2.37. The summed E-state index contributed by atoms with van der Waals surface area (Å²) >= 11 is 0. The average molecular weight is 327 g/mol. The highest BCUT2D eigenvalue weighted by atomic mass is 32.2. The molecule has 0 saturated heterocycles. The summed E-state index contributed by atoms with van der Waals surface area (Å²) in [5, 5.41) is 3.92. The first-order chi connectivity index (χ1) is 10.5. The zero-order valence-electron chi connectivity index (χ0n) is 12.4. The third-order valence-corrected chi connectivity index (χ3v) is 4.63. The van der Waals surface area contributed by atoms with Crippen LogP contribution >= 0.6 is 0 Å². The van der Waals surface area contributed by atoms with Gasteiger partial charge in [-0.3, -0.25) is 0 Å². The molecule has 120 valence electrons. The number of nitrogens with zero attached hydrogens (tertiary/aromatic N) is 2. The Balaban J connectivity index is 2.25. The molecule has 0 aliphatic carbocycles. The number of methoxy groups -OCH3 is 1. The molecule has 1 unspecified atom stereocenters. The van der Waals surface area contributed by atoms with Gasteiger partial charge in [0, 0.05) is 13.2 Å². The van der Waals surface area contributed by atoms with E-state index in [1.165, 1.54) is 36.3 Å². The molecule has 1 aromatic carbocycles. The van der Waals surface area contributed by atoms with E-state index in [1.807, 2.05) is 6.92 Å². The highest BCUT2D eigenvalue weighted by Gasteiger charge is 2.21. The maximum Gasteiger partial charge on any atom is 0.244 e. The van der Waals surface area contributed by atoms with Gasteiger partial charge in [-0.25, -0.2) is 22.2 Å². The Morgan fingerprint density at radius 1 is 1.41 bits per heavy atom. The normalized spacial score (nSPS) is 13.2. The Bertz CT molecular complexity index is 730. The Labute approximate surface area is 129 Å². The van der Waals surface area contributed by atoms with Crippen LogP contribution in [0.2, 0.25) is 0 Å². The second-order valence-electron chi connectivity index (χ2n) is 4.75. The Morgan fingerprint density at radius 3 is 2.77 bits per heavy atom. The van der Waals surface area contributed by atoms with Crippen LogP contribution in [0.5, 0.6) is 0 Å². The molecule has 0 aliphatic rings. The van der Waals surface area contributed by atoms with Gasteiger partial charge in [-0.05, 0) is 18.6 Å². The van der Waals surface area contributed by atoms with Crippen LogP contribution < -0.4 is 4.72 Å². The maximum atomic E-state index is 13.7. The molecule has 1 N–H and O–H groups in total. The molecule has 0 saturated carbocycles. The zero-order chi connectivity index (χ0) is 16.2. The minimum Gasteiger partial charge on any atom is -0.383 e. The van der Waals surface area contributed by atoms with Crippen molar-refractivity contribution in [1.29, 1.82) is 0 Å². The van der Waals surface area contributed by atoms with E-state index >= 15 is 0 Å². The molecule has 0 fully saturated rings. The summed E-state index contributed by atoms with van der Waals surface area (Å²) in [6, 6.07) is 5.68. The summed E-state index contributed by atoms with van der Waals surface area (Å²) in [4.78, 5) is -0.0229. The van der Waals surface area contributed by atoms with Crippen LogP contribution in [0.4, 0.5) is 4.39 Å². The van der Waals surface area contributed by atoms with Crippen LogP contribution in [-0.4, -0.2) is 38.0 Å². The molecule has 0 amide bonds. The van der Waals surface area contributed by atoms with Crippen molar-refractivity contribution >= 4 is 10.0 Å². The summed E-state index contributed by atoms with van der Waals surface area (Å²) in [6.45, 7) is 2.13. The number of para-hydroxylation sites is 1. The number of sulfonamides is 1. The van der Waals surface area contributed by atoms with E-state index in [-0.39, 0.29) is 23.2 Å². The number of rotatable bonds is 7. The molecule has 22 heavy (non-hydrogen) atoms. The standard InChI is InChI=1S/C14H18FN3O3S/c1-3-11(10-21-2)17-22(19,20)12-8-16-18(9-12)14-7-5-4-6-13(14)15/h4-9,11,17H,3,10H2,1-2H3. The van der Waals surface area contributed by atoms with Crippen molar-refractivity contribution in [1.82, 2.24) is 14.5 Å². The third kappa shape index (κ3) is 3.70. The molecule has 2 aromatic rings. The van der Waals surface area contributed by atoms with Gasteiger partial charge in [-0.1, -0.05) is 19.1 Å². The van der Waals surface area contributed by atoms with Crippen LogP contribution in [0.3, 0.4) is 0 Å². The van der Waals surface area contributed by atoms with Crippen LogP contribution in [0, 0.1) is 5.82 Å². The molecule has 8 heteroatoms. The van der Waals surface area contributed by atoms with Gasteiger partial charge >= 0.3 is 0 Å². The minimum atomic E-state index is -3.73. The lowest BCUT2D eigenvalue weighted by molar-refractivity contribution is 0.173. The predicted molar refractivity (Wildman–Crippen MR) is 79.8 cm³/mol. The van der Waals surface area contributed by atoms with Crippen LogP contribution in [0.1, 0.15) is 13.3 Å². The Hall–Kier alpha value is -1.77. The second kappa shape index (κ2) is 6.99. The third-order valence-electron chi connectivity index (χ3n) is 3.15. The molecule has 6 nitrogen and oxygen atoms in total. The molecule has 0 aliphatic heterocycles. The number of benzene rings is 1. The van der Waals surface area contributed by atoms with E-state index < -0.39 is 15.8 Å².